The first-order valence-corrected chi connectivity index (χ1v) is 5.55. The summed E-state index contributed by atoms with van der Waals surface area (Å²) in [6, 6.07) is 3.69. The van der Waals surface area contributed by atoms with Crippen LogP contribution in [-0.2, 0) is 6.42 Å². The van der Waals surface area contributed by atoms with Crippen LogP contribution in [0.25, 0.3) is 0 Å². The molecule has 3 heteroatoms. The molecule has 0 N–H and O–H groups in total. The molecule has 0 bridgehead atoms. The monoisotopic (exact) mass is 245 g/mol. The van der Waals surface area contributed by atoms with Crippen molar-refractivity contribution >= 4 is 23.2 Å². The molecule has 15 heavy (non-hydrogen) atoms. The van der Waals surface area contributed by atoms with Crippen LogP contribution in [0.5, 0.6) is 5.75 Å². The van der Waals surface area contributed by atoms with Crippen LogP contribution < -0.4 is 4.74 Å². The van der Waals surface area contributed by atoms with E-state index in [2.05, 4.69) is 6.92 Å². The maximum absolute atomic E-state index is 6.05. The van der Waals surface area contributed by atoms with Crippen LogP contribution >= 0.6 is 23.2 Å². The summed E-state index contributed by atoms with van der Waals surface area (Å²) in [6.45, 7) is 9.71. The predicted octanol–water partition coefficient (Wildman–Crippen LogP) is 4.55. The number of hydrogen-bond acceptors (Lipinski definition) is 1. The topological polar surface area (TPSA) is 9.23 Å². The van der Waals surface area contributed by atoms with Crippen molar-refractivity contribution in [2.45, 2.75) is 32.8 Å². The van der Waals surface area contributed by atoms with Crippen LogP contribution in [0.15, 0.2) is 12.1 Å². The molecule has 83 valence electrons. The SMILES string of the molecule is [CH2]Cc1cc(Cl)c(Cl)c(OC(C)(C)C)c1. The zero-order chi connectivity index (χ0) is 11.6. The zero-order valence-electron chi connectivity index (χ0n) is 9.23. The van der Waals surface area contributed by atoms with Gasteiger partial charge in [-0.1, -0.05) is 23.2 Å². The van der Waals surface area contributed by atoms with Crippen molar-refractivity contribution in [3.63, 3.8) is 0 Å². The van der Waals surface area contributed by atoms with Crippen LogP contribution in [-0.4, -0.2) is 5.60 Å². The van der Waals surface area contributed by atoms with Crippen molar-refractivity contribution in [1.82, 2.24) is 0 Å². The standard InChI is InChI=1S/C12H15Cl2O/c1-5-8-6-9(13)11(14)10(7-8)15-12(2,3)4/h6-7H,1,5H2,2-4H3. The molecule has 0 fully saturated rings. The van der Waals surface area contributed by atoms with E-state index in [1.54, 1.807) is 0 Å². The van der Waals surface area contributed by atoms with Crippen molar-refractivity contribution in [2.75, 3.05) is 0 Å². The molecule has 0 aliphatic rings. The third-order valence-corrected chi connectivity index (χ3v) is 2.54. The molecule has 1 radical (unpaired) electrons. The van der Waals surface area contributed by atoms with Gasteiger partial charge in [-0.25, -0.2) is 0 Å². The highest BCUT2D eigenvalue weighted by atomic mass is 35.5. The van der Waals surface area contributed by atoms with Gasteiger partial charge >= 0.3 is 0 Å². The molecule has 0 spiro atoms. The van der Waals surface area contributed by atoms with E-state index in [1.807, 2.05) is 32.9 Å². The van der Waals surface area contributed by atoms with E-state index in [-0.39, 0.29) is 5.60 Å². The Balaban J connectivity index is 3.11. The van der Waals surface area contributed by atoms with Crippen molar-refractivity contribution in [2.24, 2.45) is 0 Å². The van der Waals surface area contributed by atoms with E-state index in [1.165, 1.54) is 0 Å². The van der Waals surface area contributed by atoms with E-state index in [0.29, 0.717) is 22.2 Å². The summed E-state index contributed by atoms with van der Waals surface area (Å²) in [5.74, 6) is 0.621. The lowest BCUT2D eigenvalue weighted by Crippen LogP contribution is -2.23. The largest absolute Gasteiger partial charge is 0.487 e. The molecule has 0 aliphatic heterocycles. The first kappa shape index (κ1) is 12.7. The van der Waals surface area contributed by atoms with Crippen LogP contribution in [0, 0.1) is 6.92 Å². The van der Waals surface area contributed by atoms with Crippen LogP contribution in [0.3, 0.4) is 0 Å². The summed E-state index contributed by atoms with van der Waals surface area (Å²) >= 11 is 12.0. The molecule has 0 aliphatic carbocycles. The fraction of sp³-hybridized carbons (Fsp3) is 0.417. The van der Waals surface area contributed by atoms with Gasteiger partial charge in [0, 0.05) is 0 Å². The molecule has 0 unspecified atom stereocenters. The maximum atomic E-state index is 6.05. The number of rotatable bonds is 2. The number of hydrogen-bond donors (Lipinski definition) is 0. The van der Waals surface area contributed by atoms with Crippen molar-refractivity contribution in [3.8, 4) is 5.75 Å². The Morgan fingerprint density at radius 2 is 1.87 bits per heavy atom. The summed E-state index contributed by atoms with van der Waals surface area (Å²) in [7, 11) is 0. The Hall–Kier alpha value is -0.400. The van der Waals surface area contributed by atoms with Crippen LogP contribution in [0.1, 0.15) is 26.3 Å². The van der Waals surface area contributed by atoms with Crippen molar-refractivity contribution in [1.29, 1.82) is 0 Å². The average Bonchev–Trinajstić information content (AvgIpc) is 2.10. The smallest absolute Gasteiger partial charge is 0.140 e. The minimum atomic E-state index is -0.285. The number of halogens is 2. The van der Waals surface area contributed by atoms with Crippen LogP contribution in [0.4, 0.5) is 0 Å². The Kier molecular flexibility index (Phi) is 3.91. The molecule has 1 aromatic carbocycles. The molecule has 1 aromatic rings. The summed E-state index contributed by atoms with van der Waals surface area (Å²) < 4.78 is 5.71. The minimum absolute atomic E-state index is 0.285. The Morgan fingerprint density at radius 3 is 2.33 bits per heavy atom. The summed E-state index contributed by atoms with van der Waals surface area (Å²) in [5, 5.41) is 0.973. The molecule has 0 saturated heterocycles. The van der Waals surface area contributed by atoms with Gasteiger partial charge in [0.25, 0.3) is 0 Å². The molecule has 0 heterocycles. The first-order valence-electron chi connectivity index (χ1n) is 4.79. The molecule has 1 rings (SSSR count). The molecule has 0 aromatic heterocycles. The molecule has 1 nitrogen and oxygen atoms in total. The predicted molar refractivity (Wildman–Crippen MR) is 65.9 cm³/mol. The fourth-order valence-corrected chi connectivity index (χ4v) is 1.55. The Labute approximate surface area is 101 Å². The number of ether oxygens (including phenoxy) is 1. The number of benzene rings is 1. The van der Waals surface area contributed by atoms with Gasteiger partial charge in [-0.15, -0.1) is 0 Å². The van der Waals surface area contributed by atoms with E-state index in [4.69, 9.17) is 27.9 Å². The van der Waals surface area contributed by atoms with Crippen molar-refractivity contribution in [3.05, 3.63) is 34.7 Å². The lowest BCUT2D eigenvalue weighted by Gasteiger charge is -2.22. The third kappa shape index (κ3) is 3.58. The van der Waals surface area contributed by atoms with E-state index >= 15 is 0 Å². The quantitative estimate of drug-likeness (QED) is 0.743. The van der Waals surface area contributed by atoms with E-state index < -0.39 is 0 Å². The van der Waals surface area contributed by atoms with Crippen molar-refractivity contribution < 1.29 is 4.74 Å². The molecular formula is C12H15Cl2O. The maximum Gasteiger partial charge on any atom is 0.140 e. The van der Waals surface area contributed by atoms with Gasteiger partial charge in [0.05, 0.1) is 5.02 Å². The van der Waals surface area contributed by atoms with Gasteiger partial charge < -0.3 is 4.74 Å². The van der Waals surface area contributed by atoms with Gasteiger partial charge in [0.1, 0.15) is 16.4 Å². The van der Waals surface area contributed by atoms with E-state index in [0.717, 1.165) is 5.56 Å². The Bertz CT molecular complexity index is 353. The molecular weight excluding hydrogens is 231 g/mol. The minimum Gasteiger partial charge on any atom is -0.487 e. The third-order valence-electron chi connectivity index (χ3n) is 1.76. The second kappa shape index (κ2) is 4.63. The Morgan fingerprint density at radius 1 is 1.27 bits per heavy atom. The molecule has 0 atom stereocenters. The summed E-state index contributed by atoms with van der Waals surface area (Å²) in [5.41, 5.74) is 0.732. The molecule has 0 saturated carbocycles. The highest BCUT2D eigenvalue weighted by Crippen LogP contribution is 2.35. The zero-order valence-corrected chi connectivity index (χ0v) is 10.7. The molecule has 0 amide bonds. The van der Waals surface area contributed by atoms with Gasteiger partial charge in [-0.3, -0.25) is 0 Å². The lowest BCUT2D eigenvalue weighted by molar-refractivity contribution is 0.131. The van der Waals surface area contributed by atoms with Gasteiger partial charge in [0.2, 0.25) is 0 Å². The second-order valence-corrected chi connectivity index (χ2v) is 5.14. The highest BCUT2D eigenvalue weighted by Gasteiger charge is 2.16. The highest BCUT2D eigenvalue weighted by molar-refractivity contribution is 6.43. The lowest BCUT2D eigenvalue weighted by atomic mass is 10.1. The normalized spacial score (nSPS) is 11.6. The van der Waals surface area contributed by atoms with E-state index in [9.17, 15) is 0 Å². The summed E-state index contributed by atoms with van der Waals surface area (Å²) in [4.78, 5) is 0. The first-order chi connectivity index (χ1) is 6.83. The van der Waals surface area contributed by atoms with Crippen LogP contribution in [0.2, 0.25) is 10.0 Å². The average molecular weight is 246 g/mol. The second-order valence-electron chi connectivity index (χ2n) is 4.35. The van der Waals surface area contributed by atoms with Gasteiger partial charge in [-0.2, -0.15) is 0 Å². The summed E-state index contributed by atoms with van der Waals surface area (Å²) in [6.07, 6.45) is 0.664. The fourth-order valence-electron chi connectivity index (χ4n) is 1.17. The van der Waals surface area contributed by atoms with Gasteiger partial charge in [-0.05, 0) is 51.8 Å². The van der Waals surface area contributed by atoms with Gasteiger partial charge in [0.15, 0.2) is 0 Å².